The molecule has 0 aliphatic carbocycles. The maximum absolute atomic E-state index is 10.9. The van der Waals surface area contributed by atoms with Crippen LogP contribution < -0.4 is 10.5 Å². The number of nitro groups is 1. The normalized spacial score (nSPS) is 9.90. The molecule has 7 nitrogen and oxygen atoms in total. The molecule has 0 fully saturated rings. The van der Waals surface area contributed by atoms with Crippen LogP contribution in [0.1, 0.15) is 20.7 Å². The van der Waals surface area contributed by atoms with E-state index in [0.717, 1.165) is 0 Å². The predicted octanol–water partition coefficient (Wildman–Crippen LogP) is 2.30. The van der Waals surface area contributed by atoms with Gasteiger partial charge in [0.1, 0.15) is 11.5 Å². The van der Waals surface area contributed by atoms with Crippen LogP contribution >= 0.6 is 0 Å². The molecule has 0 aromatic heterocycles. The highest BCUT2D eigenvalue weighted by Crippen LogP contribution is 2.26. The Labute approximate surface area is 119 Å². The van der Waals surface area contributed by atoms with Crippen molar-refractivity contribution in [3.05, 3.63) is 63.7 Å². The van der Waals surface area contributed by atoms with Crippen LogP contribution in [0.15, 0.2) is 42.5 Å². The topological polar surface area (TPSA) is 113 Å². The quantitative estimate of drug-likeness (QED) is 0.514. The zero-order valence-electron chi connectivity index (χ0n) is 10.7. The number of carbonyl (C=O) groups is 2. The Morgan fingerprint density at radius 1 is 1.14 bits per heavy atom. The molecule has 0 spiro atoms. The van der Waals surface area contributed by atoms with Gasteiger partial charge in [-0.15, -0.1) is 0 Å². The summed E-state index contributed by atoms with van der Waals surface area (Å²) in [4.78, 5) is 31.8. The molecule has 106 valence electrons. The predicted molar refractivity (Wildman–Crippen MR) is 73.5 cm³/mol. The van der Waals surface area contributed by atoms with Crippen LogP contribution in [0.4, 0.5) is 5.69 Å². The second-order valence-corrected chi connectivity index (χ2v) is 4.09. The monoisotopic (exact) mass is 286 g/mol. The van der Waals surface area contributed by atoms with Crippen LogP contribution in [0, 0.1) is 10.1 Å². The average Bonchev–Trinajstić information content (AvgIpc) is 2.47. The fourth-order valence-electron chi connectivity index (χ4n) is 1.68. The van der Waals surface area contributed by atoms with Gasteiger partial charge in [-0.05, 0) is 36.4 Å². The fraction of sp³-hybridized carbons (Fsp3) is 0. The van der Waals surface area contributed by atoms with Crippen molar-refractivity contribution >= 4 is 17.9 Å². The van der Waals surface area contributed by atoms with Crippen LogP contribution in [0.5, 0.6) is 11.5 Å². The Balaban J connectivity index is 2.25. The van der Waals surface area contributed by atoms with Crippen molar-refractivity contribution in [3.8, 4) is 11.5 Å². The van der Waals surface area contributed by atoms with Crippen LogP contribution in [0.3, 0.4) is 0 Å². The molecule has 1 amide bonds. The van der Waals surface area contributed by atoms with Gasteiger partial charge in [0.15, 0.2) is 6.29 Å². The molecule has 0 radical (unpaired) electrons. The second-order valence-electron chi connectivity index (χ2n) is 4.09. The van der Waals surface area contributed by atoms with Gasteiger partial charge in [0.25, 0.3) is 5.69 Å². The maximum atomic E-state index is 10.9. The molecule has 2 aromatic rings. The third-order valence-electron chi connectivity index (χ3n) is 2.70. The number of hydrogen-bond acceptors (Lipinski definition) is 5. The first-order valence-electron chi connectivity index (χ1n) is 5.82. The van der Waals surface area contributed by atoms with E-state index in [1.54, 1.807) is 0 Å². The summed E-state index contributed by atoms with van der Waals surface area (Å²) in [6.07, 6.45) is 0.390. The van der Waals surface area contributed by atoms with E-state index in [-0.39, 0.29) is 17.0 Å². The first-order chi connectivity index (χ1) is 10.0. The zero-order chi connectivity index (χ0) is 15.4. The van der Waals surface area contributed by atoms with Gasteiger partial charge in [0, 0.05) is 11.6 Å². The molecule has 2 aromatic carbocycles. The molecule has 21 heavy (non-hydrogen) atoms. The van der Waals surface area contributed by atoms with E-state index in [0.29, 0.717) is 17.6 Å². The highest BCUT2D eigenvalue weighted by atomic mass is 16.6. The number of primary amides is 1. The molecular formula is C14H10N2O5. The molecule has 2 rings (SSSR count). The van der Waals surface area contributed by atoms with Gasteiger partial charge in [-0.25, -0.2) is 0 Å². The largest absolute Gasteiger partial charge is 0.457 e. The van der Waals surface area contributed by atoms with Gasteiger partial charge in [0.2, 0.25) is 5.91 Å². The van der Waals surface area contributed by atoms with E-state index in [1.807, 2.05) is 0 Å². The minimum Gasteiger partial charge on any atom is -0.457 e. The van der Waals surface area contributed by atoms with E-state index in [2.05, 4.69) is 0 Å². The summed E-state index contributed by atoms with van der Waals surface area (Å²) in [6, 6.07) is 9.88. The molecule has 0 saturated heterocycles. The molecule has 0 saturated carbocycles. The number of carbonyl (C=O) groups excluding carboxylic acids is 2. The van der Waals surface area contributed by atoms with Crippen molar-refractivity contribution in [1.29, 1.82) is 0 Å². The van der Waals surface area contributed by atoms with Gasteiger partial charge in [-0.3, -0.25) is 19.7 Å². The van der Waals surface area contributed by atoms with Crippen molar-refractivity contribution in [2.75, 3.05) is 0 Å². The SMILES string of the molecule is NC(=O)c1ccc(Oc2ccc([N+](=O)[O-])c(C=O)c2)cc1. The molecule has 2 N–H and O–H groups in total. The number of aldehydes is 1. The van der Waals surface area contributed by atoms with Gasteiger partial charge in [-0.1, -0.05) is 0 Å². The van der Waals surface area contributed by atoms with Crippen LogP contribution in [-0.4, -0.2) is 17.1 Å². The van der Waals surface area contributed by atoms with E-state index >= 15 is 0 Å². The molecule has 0 aliphatic heterocycles. The third-order valence-corrected chi connectivity index (χ3v) is 2.70. The van der Waals surface area contributed by atoms with Crippen molar-refractivity contribution in [1.82, 2.24) is 0 Å². The summed E-state index contributed by atoms with van der Waals surface area (Å²) in [5.41, 5.74) is 5.08. The van der Waals surface area contributed by atoms with Gasteiger partial charge in [0.05, 0.1) is 10.5 Å². The van der Waals surface area contributed by atoms with Crippen molar-refractivity contribution < 1.29 is 19.2 Å². The van der Waals surface area contributed by atoms with E-state index in [4.69, 9.17) is 10.5 Å². The number of amides is 1. The van der Waals surface area contributed by atoms with Gasteiger partial charge < -0.3 is 10.5 Å². The lowest BCUT2D eigenvalue weighted by Crippen LogP contribution is -2.10. The lowest BCUT2D eigenvalue weighted by atomic mass is 10.2. The highest BCUT2D eigenvalue weighted by molar-refractivity contribution is 5.92. The van der Waals surface area contributed by atoms with E-state index in [9.17, 15) is 19.7 Å². The summed E-state index contributed by atoms with van der Waals surface area (Å²) >= 11 is 0. The standard InChI is InChI=1S/C14H10N2O5/c15-14(18)9-1-3-11(4-2-9)21-12-5-6-13(16(19)20)10(7-12)8-17/h1-8H,(H2,15,18). The number of rotatable bonds is 5. The molecule has 0 aliphatic rings. The summed E-state index contributed by atoms with van der Waals surface area (Å²) in [5.74, 6) is 0.125. The number of ether oxygens (including phenoxy) is 1. The van der Waals surface area contributed by atoms with Crippen LogP contribution in [-0.2, 0) is 0 Å². The first-order valence-corrected chi connectivity index (χ1v) is 5.82. The fourth-order valence-corrected chi connectivity index (χ4v) is 1.68. The Morgan fingerprint density at radius 2 is 1.76 bits per heavy atom. The lowest BCUT2D eigenvalue weighted by molar-refractivity contribution is -0.385. The third kappa shape index (κ3) is 3.21. The van der Waals surface area contributed by atoms with Crippen molar-refractivity contribution in [2.45, 2.75) is 0 Å². The summed E-state index contributed by atoms with van der Waals surface area (Å²) < 4.78 is 5.46. The number of benzene rings is 2. The van der Waals surface area contributed by atoms with Crippen molar-refractivity contribution in [2.24, 2.45) is 5.73 Å². The molecule has 0 atom stereocenters. The Hall–Kier alpha value is -3.22. The minimum absolute atomic E-state index is 0.0775. The van der Waals surface area contributed by atoms with Crippen LogP contribution in [0.25, 0.3) is 0 Å². The lowest BCUT2D eigenvalue weighted by Gasteiger charge is -2.06. The zero-order valence-corrected chi connectivity index (χ0v) is 10.7. The average molecular weight is 286 g/mol. The smallest absolute Gasteiger partial charge is 0.280 e. The molecule has 7 heteroatoms. The van der Waals surface area contributed by atoms with Crippen molar-refractivity contribution in [3.63, 3.8) is 0 Å². The Bertz CT molecular complexity index is 710. The number of nitrogens with zero attached hydrogens (tertiary/aromatic N) is 1. The molecular weight excluding hydrogens is 276 g/mol. The highest BCUT2D eigenvalue weighted by Gasteiger charge is 2.14. The first kappa shape index (κ1) is 14.2. The number of hydrogen-bond donors (Lipinski definition) is 1. The Kier molecular flexibility index (Phi) is 3.94. The number of nitro benzene ring substituents is 1. The van der Waals surface area contributed by atoms with E-state index < -0.39 is 10.8 Å². The minimum atomic E-state index is -0.644. The Morgan fingerprint density at radius 3 is 2.29 bits per heavy atom. The molecule has 0 bridgehead atoms. The molecule has 0 unspecified atom stereocenters. The van der Waals surface area contributed by atoms with E-state index in [1.165, 1.54) is 42.5 Å². The maximum Gasteiger partial charge on any atom is 0.280 e. The summed E-state index contributed by atoms with van der Waals surface area (Å²) in [6.45, 7) is 0. The summed E-state index contributed by atoms with van der Waals surface area (Å²) in [5, 5.41) is 10.7. The summed E-state index contributed by atoms with van der Waals surface area (Å²) in [7, 11) is 0. The van der Waals surface area contributed by atoms with Gasteiger partial charge >= 0.3 is 0 Å². The number of nitrogens with two attached hydrogens (primary N) is 1. The van der Waals surface area contributed by atoms with Crippen LogP contribution in [0.2, 0.25) is 0 Å². The molecule has 0 heterocycles. The van der Waals surface area contributed by atoms with Gasteiger partial charge in [-0.2, -0.15) is 0 Å². The second kappa shape index (κ2) is 5.83.